The van der Waals surface area contributed by atoms with Gasteiger partial charge in [0.1, 0.15) is 0 Å². The highest BCUT2D eigenvalue weighted by atomic mass is 15.2. The number of nitrogens with zero attached hydrogens (tertiary/aromatic N) is 1. The van der Waals surface area contributed by atoms with Gasteiger partial charge in [-0.2, -0.15) is 0 Å². The van der Waals surface area contributed by atoms with Gasteiger partial charge in [-0.3, -0.25) is 0 Å². The van der Waals surface area contributed by atoms with Crippen molar-refractivity contribution in [1.29, 1.82) is 0 Å². The van der Waals surface area contributed by atoms with Crippen LogP contribution in [0.1, 0.15) is 108 Å². The zero-order valence-corrected chi connectivity index (χ0v) is 19.3. The van der Waals surface area contributed by atoms with Gasteiger partial charge in [0.05, 0.1) is 0 Å². The van der Waals surface area contributed by atoms with E-state index in [2.05, 4.69) is 86.9 Å². The lowest BCUT2D eigenvalue weighted by Crippen LogP contribution is -2.49. The van der Waals surface area contributed by atoms with Gasteiger partial charge in [-0.25, -0.2) is 0 Å². The minimum Gasteiger partial charge on any atom is -0.372 e. The van der Waals surface area contributed by atoms with Crippen LogP contribution in [-0.2, 0) is 0 Å². The highest BCUT2D eigenvalue weighted by Gasteiger charge is 2.37. The number of hydrogen-bond acceptors (Lipinski definition) is 1. The minimum atomic E-state index is 0.191. The summed E-state index contributed by atoms with van der Waals surface area (Å²) in [5.74, 6) is 1.64. The molecular formula is C24H49N. The second-order valence-electron chi connectivity index (χ2n) is 10.3. The van der Waals surface area contributed by atoms with Crippen LogP contribution in [-0.4, -0.2) is 17.0 Å². The van der Waals surface area contributed by atoms with E-state index in [1.165, 1.54) is 38.5 Å². The normalized spacial score (nSPS) is 17.7. The molecule has 25 heavy (non-hydrogen) atoms. The molecule has 3 atom stereocenters. The molecule has 0 amide bonds. The van der Waals surface area contributed by atoms with E-state index < -0.39 is 0 Å². The van der Waals surface area contributed by atoms with Crippen LogP contribution in [0.15, 0.2) is 12.8 Å². The summed E-state index contributed by atoms with van der Waals surface area (Å²) in [6.07, 6.45) is 9.61. The molecule has 0 bridgehead atoms. The molecule has 3 unspecified atom stereocenters. The van der Waals surface area contributed by atoms with Crippen molar-refractivity contribution in [3.63, 3.8) is 0 Å². The summed E-state index contributed by atoms with van der Waals surface area (Å²) in [5.41, 5.74) is 0.876. The molecule has 150 valence electrons. The summed E-state index contributed by atoms with van der Waals surface area (Å²) in [6, 6.07) is 0. The van der Waals surface area contributed by atoms with Crippen LogP contribution >= 0.6 is 0 Å². The highest BCUT2D eigenvalue weighted by Crippen LogP contribution is 2.40. The first kappa shape index (κ1) is 24.5. The third-order valence-electron chi connectivity index (χ3n) is 6.88. The predicted molar refractivity (Wildman–Crippen MR) is 116 cm³/mol. The molecule has 0 N–H and O–H groups in total. The SMILES string of the molecule is C=CN(CC(C)(C)CC(CC)C(C)CC)C(C)(CC)CC(C)(C)CC. The summed E-state index contributed by atoms with van der Waals surface area (Å²) in [5, 5.41) is 0. The van der Waals surface area contributed by atoms with Crippen molar-refractivity contribution in [2.24, 2.45) is 22.7 Å². The first-order chi connectivity index (χ1) is 11.4. The van der Waals surface area contributed by atoms with Crippen molar-refractivity contribution in [3.05, 3.63) is 12.8 Å². The van der Waals surface area contributed by atoms with Gasteiger partial charge in [-0.1, -0.05) is 88.2 Å². The largest absolute Gasteiger partial charge is 0.372 e. The molecule has 0 fully saturated rings. The molecule has 1 heteroatoms. The molecule has 0 heterocycles. The standard InChI is InChI=1S/C24H49N/c1-12-20(6)21(13-2)17-23(9,10)19-25(16-5)24(11,15-4)18-22(7,8)14-3/h16,20-21H,5,12-15,17-19H2,1-4,6-11H3. The number of hydrogen-bond donors (Lipinski definition) is 0. The molecule has 0 aliphatic rings. The molecule has 0 aliphatic carbocycles. The maximum atomic E-state index is 4.19. The van der Waals surface area contributed by atoms with E-state index in [0.717, 1.165) is 18.4 Å². The van der Waals surface area contributed by atoms with Crippen LogP contribution in [0.3, 0.4) is 0 Å². The van der Waals surface area contributed by atoms with Crippen LogP contribution < -0.4 is 0 Å². The van der Waals surface area contributed by atoms with Crippen molar-refractivity contribution in [1.82, 2.24) is 4.90 Å². The summed E-state index contributed by atoms with van der Waals surface area (Å²) in [4.78, 5) is 2.56. The van der Waals surface area contributed by atoms with E-state index in [4.69, 9.17) is 0 Å². The fourth-order valence-corrected chi connectivity index (χ4v) is 4.38. The van der Waals surface area contributed by atoms with Gasteiger partial charge in [0.2, 0.25) is 0 Å². The molecule has 0 aromatic carbocycles. The first-order valence-corrected chi connectivity index (χ1v) is 10.8. The van der Waals surface area contributed by atoms with Crippen molar-refractivity contribution < 1.29 is 0 Å². The Hall–Kier alpha value is -0.460. The van der Waals surface area contributed by atoms with Crippen LogP contribution in [0.2, 0.25) is 0 Å². The van der Waals surface area contributed by atoms with Gasteiger partial charge < -0.3 is 4.90 Å². The molecule has 1 nitrogen and oxygen atoms in total. The molecule has 0 aromatic heterocycles. The smallest absolute Gasteiger partial charge is 0.0371 e. The van der Waals surface area contributed by atoms with Gasteiger partial charge >= 0.3 is 0 Å². The Kier molecular flexibility index (Phi) is 9.84. The highest BCUT2D eigenvalue weighted by molar-refractivity contribution is 4.96. The first-order valence-electron chi connectivity index (χ1n) is 10.8. The molecule has 0 saturated carbocycles. The Labute approximate surface area is 160 Å². The summed E-state index contributed by atoms with van der Waals surface area (Å²) in [7, 11) is 0. The zero-order chi connectivity index (χ0) is 19.9. The predicted octanol–water partition coefficient (Wildman–Crippen LogP) is 7.92. The van der Waals surface area contributed by atoms with Crippen LogP contribution in [0.5, 0.6) is 0 Å². The second-order valence-corrected chi connectivity index (χ2v) is 10.3. The monoisotopic (exact) mass is 351 g/mol. The van der Waals surface area contributed by atoms with Crippen molar-refractivity contribution >= 4 is 0 Å². The van der Waals surface area contributed by atoms with Crippen molar-refractivity contribution in [2.45, 2.75) is 113 Å². The van der Waals surface area contributed by atoms with Gasteiger partial charge in [0, 0.05) is 12.1 Å². The van der Waals surface area contributed by atoms with Crippen LogP contribution in [0.4, 0.5) is 0 Å². The van der Waals surface area contributed by atoms with Crippen molar-refractivity contribution in [2.75, 3.05) is 6.54 Å². The lowest BCUT2D eigenvalue weighted by molar-refractivity contribution is 0.0510. The fourth-order valence-electron chi connectivity index (χ4n) is 4.38. The molecular weight excluding hydrogens is 302 g/mol. The average Bonchev–Trinajstić information content (AvgIpc) is 2.56. The summed E-state index contributed by atoms with van der Waals surface area (Å²) in [6.45, 7) is 29.2. The van der Waals surface area contributed by atoms with Gasteiger partial charge in [0.25, 0.3) is 0 Å². The molecule has 0 aliphatic heterocycles. The second kappa shape index (κ2) is 10.0. The van der Waals surface area contributed by atoms with Crippen LogP contribution in [0.25, 0.3) is 0 Å². The molecule has 0 radical (unpaired) electrons. The van der Waals surface area contributed by atoms with Gasteiger partial charge in [-0.15, -0.1) is 0 Å². The van der Waals surface area contributed by atoms with Gasteiger partial charge in [0.15, 0.2) is 0 Å². The van der Waals surface area contributed by atoms with Crippen molar-refractivity contribution in [3.8, 4) is 0 Å². The number of rotatable bonds is 13. The lowest BCUT2D eigenvalue weighted by atomic mass is 9.73. The van der Waals surface area contributed by atoms with Crippen LogP contribution in [0, 0.1) is 22.7 Å². The van der Waals surface area contributed by atoms with E-state index >= 15 is 0 Å². The topological polar surface area (TPSA) is 3.24 Å². The molecule has 0 rings (SSSR count). The van der Waals surface area contributed by atoms with E-state index in [0.29, 0.717) is 10.8 Å². The maximum Gasteiger partial charge on any atom is 0.0371 e. The minimum absolute atomic E-state index is 0.191. The third kappa shape index (κ3) is 7.75. The maximum absolute atomic E-state index is 4.19. The molecule has 0 spiro atoms. The summed E-state index contributed by atoms with van der Waals surface area (Å²) >= 11 is 0. The van der Waals surface area contributed by atoms with E-state index in [-0.39, 0.29) is 5.54 Å². The van der Waals surface area contributed by atoms with E-state index in [1.54, 1.807) is 0 Å². The quantitative estimate of drug-likeness (QED) is 0.326. The summed E-state index contributed by atoms with van der Waals surface area (Å²) < 4.78 is 0. The van der Waals surface area contributed by atoms with E-state index in [9.17, 15) is 0 Å². The van der Waals surface area contributed by atoms with E-state index in [1.807, 2.05) is 0 Å². The van der Waals surface area contributed by atoms with Gasteiger partial charge in [-0.05, 0) is 55.1 Å². The molecule has 0 aromatic rings. The fraction of sp³-hybridized carbons (Fsp3) is 0.917. The third-order valence-corrected chi connectivity index (χ3v) is 6.88. The Bertz CT molecular complexity index is 382. The Morgan fingerprint density at radius 1 is 0.880 bits per heavy atom. The Morgan fingerprint density at radius 2 is 1.44 bits per heavy atom. The molecule has 0 saturated heterocycles. The average molecular weight is 352 g/mol. The zero-order valence-electron chi connectivity index (χ0n) is 19.3. The Morgan fingerprint density at radius 3 is 1.80 bits per heavy atom. The Balaban J connectivity index is 5.28. The lowest BCUT2D eigenvalue weighted by Gasteiger charge is -2.48.